The van der Waals surface area contributed by atoms with E-state index in [4.69, 9.17) is 0 Å². The Morgan fingerprint density at radius 1 is 1.29 bits per heavy atom. The van der Waals surface area contributed by atoms with Gasteiger partial charge in [-0.15, -0.1) is 11.3 Å². The molecule has 0 unspecified atom stereocenters. The minimum Gasteiger partial charge on any atom is -0.253 e. The molecule has 0 fully saturated rings. The maximum atomic E-state index is 3.74. The third kappa shape index (κ3) is 5.50. The van der Waals surface area contributed by atoms with E-state index in [1.807, 2.05) is 5.38 Å². The van der Waals surface area contributed by atoms with Gasteiger partial charge in [0.25, 0.3) is 0 Å². The third-order valence-electron chi connectivity index (χ3n) is 0.347. The van der Waals surface area contributed by atoms with Crippen LogP contribution in [-0.2, 0) is 0 Å². The van der Waals surface area contributed by atoms with Crippen LogP contribution in [-0.4, -0.2) is 64.1 Å². The minimum absolute atomic E-state index is 0. The Kier molecular flexibility index (Phi) is 12.5. The summed E-state index contributed by atoms with van der Waals surface area (Å²) in [7, 11) is 0. The zero-order valence-electron chi connectivity index (χ0n) is 4.59. The number of rotatable bonds is 0. The summed E-state index contributed by atoms with van der Waals surface area (Å²) in [6, 6.07) is 0. The van der Waals surface area contributed by atoms with Gasteiger partial charge in [0, 0.05) is 70.7 Å². The molecule has 0 N–H and O–H groups in total. The molecule has 0 saturated heterocycles. The Bertz CT molecular complexity index is 69.4. The van der Waals surface area contributed by atoms with Crippen molar-refractivity contribution in [1.29, 1.82) is 0 Å². The van der Waals surface area contributed by atoms with E-state index in [0.717, 1.165) is 0 Å². The molecule has 1 aromatic rings. The second kappa shape index (κ2) is 7.63. The topological polar surface area (TPSA) is 12.9 Å². The first kappa shape index (κ1) is 11.4. The van der Waals surface area contributed by atoms with Gasteiger partial charge in [-0.3, -0.25) is 4.98 Å². The number of hydrogen-bond acceptors (Lipinski definition) is 2. The summed E-state index contributed by atoms with van der Waals surface area (Å²) in [6.45, 7) is 0. The molecule has 0 saturated carbocycles. The fourth-order valence-electron chi connectivity index (χ4n) is 0.176. The molecule has 1 rings (SSSR count). The number of nitrogens with zero attached hydrogens (tertiary/aromatic N) is 1. The molecule has 2 radical (unpaired) electrons. The van der Waals surface area contributed by atoms with Crippen LogP contribution in [0, 0.1) is 0 Å². The van der Waals surface area contributed by atoms with E-state index in [-0.39, 0.29) is 59.1 Å². The summed E-state index contributed by atoms with van der Waals surface area (Å²) in [5.74, 6) is 0. The molecular formula is C3H3NNa2S. The van der Waals surface area contributed by atoms with Crippen molar-refractivity contribution < 1.29 is 0 Å². The van der Waals surface area contributed by atoms with Crippen LogP contribution in [0.5, 0.6) is 0 Å². The van der Waals surface area contributed by atoms with Gasteiger partial charge in [0.15, 0.2) is 0 Å². The summed E-state index contributed by atoms with van der Waals surface area (Å²) in [5.41, 5.74) is 1.79. The third-order valence-corrected chi connectivity index (χ3v) is 0.869. The minimum atomic E-state index is 0. The quantitative estimate of drug-likeness (QED) is 0.464. The van der Waals surface area contributed by atoms with Gasteiger partial charge >= 0.3 is 0 Å². The molecule has 0 spiro atoms. The molecule has 0 aliphatic carbocycles. The van der Waals surface area contributed by atoms with E-state index in [1.165, 1.54) is 0 Å². The molecule has 0 atom stereocenters. The monoisotopic (exact) mass is 131 g/mol. The second-order valence-corrected chi connectivity index (χ2v) is 1.43. The first-order valence-electron chi connectivity index (χ1n) is 1.32. The van der Waals surface area contributed by atoms with Crippen molar-refractivity contribution in [2.24, 2.45) is 0 Å². The van der Waals surface area contributed by atoms with Crippen LogP contribution in [0.2, 0.25) is 0 Å². The molecule has 0 bridgehead atoms. The van der Waals surface area contributed by atoms with Crippen molar-refractivity contribution in [3.05, 3.63) is 17.1 Å². The molecular weight excluding hydrogens is 128 g/mol. The van der Waals surface area contributed by atoms with Crippen LogP contribution in [0.1, 0.15) is 0 Å². The largest absolute Gasteiger partial charge is 0.253 e. The van der Waals surface area contributed by atoms with E-state index in [2.05, 4.69) is 4.98 Å². The average molecular weight is 131 g/mol. The van der Waals surface area contributed by atoms with Gasteiger partial charge in [-0.2, -0.15) is 0 Å². The van der Waals surface area contributed by atoms with Crippen LogP contribution in [0.15, 0.2) is 17.1 Å². The van der Waals surface area contributed by atoms with Crippen LogP contribution in [0.25, 0.3) is 0 Å². The van der Waals surface area contributed by atoms with Gasteiger partial charge in [-0.05, 0) is 0 Å². The number of aromatic nitrogens is 1. The van der Waals surface area contributed by atoms with E-state index < -0.39 is 0 Å². The molecule has 0 aliphatic heterocycles. The van der Waals surface area contributed by atoms with Crippen molar-refractivity contribution in [2.75, 3.05) is 0 Å². The zero-order chi connectivity index (χ0) is 3.54. The summed E-state index contributed by atoms with van der Waals surface area (Å²) in [4.78, 5) is 3.74. The normalized spacial score (nSPS) is 5.71. The Morgan fingerprint density at radius 3 is 2.14 bits per heavy atom. The van der Waals surface area contributed by atoms with Crippen molar-refractivity contribution in [2.45, 2.75) is 0 Å². The van der Waals surface area contributed by atoms with Gasteiger partial charge in [0.1, 0.15) is 0 Å². The van der Waals surface area contributed by atoms with E-state index in [0.29, 0.717) is 0 Å². The summed E-state index contributed by atoms with van der Waals surface area (Å²) < 4.78 is 0. The molecule has 0 aromatic carbocycles. The Balaban J connectivity index is 0. The van der Waals surface area contributed by atoms with E-state index in [9.17, 15) is 0 Å². The van der Waals surface area contributed by atoms with Crippen LogP contribution in [0.3, 0.4) is 0 Å². The SMILES string of the molecule is [Na].[Na].c1cscn1. The molecule has 0 amide bonds. The molecule has 1 nitrogen and oxygen atoms in total. The predicted octanol–water partition coefficient (Wildman–Crippen LogP) is 0.382. The first-order valence-corrected chi connectivity index (χ1v) is 2.26. The van der Waals surface area contributed by atoms with Gasteiger partial charge in [-0.25, -0.2) is 0 Å². The van der Waals surface area contributed by atoms with Crippen molar-refractivity contribution in [3.63, 3.8) is 0 Å². The van der Waals surface area contributed by atoms with Crippen molar-refractivity contribution in [3.8, 4) is 0 Å². The van der Waals surface area contributed by atoms with Gasteiger partial charge in [0.2, 0.25) is 0 Å². The molecule has 4 heteroatoms. The Labute approximate surface area is 91.1 Å². The smallest absolute Gasteiger partial charge is 0.0791 e. The molecule has 1 heterocycles. The average Bonchev–Trinajstić information content (AvgIpc) is 1.76. The summed E-state index contributed by atoms with van der Waals surface area (Å²) in [5, 5.41) is 1.93. The van der Waals surface area contributed by atoms with Gasteiger partial charge in [0.05, 0.1) is 5.51 Å². The van der Waals surface area contributed by atoms with Gasteiger partial charge in [-0.1, -0.05) is 0 Å². The van der Waals surface area contributed by atoms with Crippen LogP contribution >= 0.6 is 11.3 Å². The first-order chi connectivity index (χ1) is 2.50. The van der Waals surface area contributed by atoms with E-state index >= 15 is 0 Å². The summed E-state index contributed by atoms with van der Waals surface area (Å²) in [6.07, 6.45) is 1.77. The fraction of sp³-hybridized carbons (Fsp3) is 0. The number of hydrogen-bond donors (Lipinski definition) is 0. The molecule has 0 aliphatic rings. The summed E-state index contributed by atoms with van der Waals surface area (Å²) >= 11 is 1.60. The Morgan fingerprint density at radius 2 is 2.00 bits per heavy atom. The van der Waals surface area contributed by atoms with E-state index in [1.54, 1.807) is 23.0 Å². The van der Waals surface area contributed by atoms with Gasteiger partial charge < -0.3 is 0 Å². The number of thiazole rings is 1. The zero-order valence-corrected chi connectivity index (χ0v) is 9.40. The molecule has 28 valence electrons. The van der Waals surface area contributed by atoms with Crippen molar-refractivity contribution in [1.82, 2.24) is 4.98 Å². The predicted molar refractivity (Wildman–Crippen MR) is 33.6 cm³/mol. The maximum absolute atomic E-state index is 3.74. The Hall–Kier alpha value is 1.63. The standard InChI is InChI=1S/C3H3NS.2Na/c1-2-5-3-4-1;;/h1-3H;;. The van der Waals surface area contributed by atoms with Crippen molar-refractivity contribution >= 4 is 70.5 Å². The van der Waals surface area contributed by atoms with Crippen LogP contribution in [0.4, 0.5) is 0 Å². The molecule has 7 heavy (non-hydrogen) atoms. The maximum Gasteiger partial charge on any atom is 0.0791 e. The van der Waals surface area contributed by atoms with Crippen LogP contribution < -0.4 is 0 Å². The fourth-order valence-corrected chi connectivity index (χ4v) is 0.527. The molecule has 1 aromatic heterocycles. The second-order valence-electron chi connectivity index (χ2n) is 0.676.